The number of carbonyl (C=O) groups excluding carboxylic acids is 1. The highest BCUT2D eigenvalue weighted by molar-refractivity contribution is 5.95. The summed E-state index contributed by atoms with van der Waals surface area (Å²) in [5, 5.41) is 0. The maximum Gasteiger partial charge on any atom is 0.323 e. The van der Waals surface area contributed by atoms with Crippen molar-refractivity contribution in [1.82, 2.24) is 9.80 Å². The van der Waals surface area contributed by atoms with Crippen molar-refractivity contribution in [3.63, 3.8) is 0 Å². The van der Waals surface area contributed by atoms with E-state index in [1.807, 2.05) is 11.0 Å². The normalized spacial score (nSPS) is 20.5. The van der Waals surface area contributed by atoms with Crippen LogP contribution in [0, 0.1) is 5.82 Å². The second-order valence-corrected chi connectivity index (χ2v) is 10.2. The van der Waals surface area contributed by atoms with Gasteiger partial charge < -0.3 is 19.4 Å². The average Bonchev–Trinajstić information content (AvgIpc) is 3.17. The van der Waals surface area contributed by atoms with Crippen LogP contribution in [0.25, 0.3) is 0 Å². The van der Waals surface area contributed by atoms with E-state index in [0.29, 0.717) is 12.6 Å². The minimum atomic E-state index is -0.218. The molecule has 3 aliphatic heterocycles. The van der Waals surface area contributed by atoms with Gasteiger partial charge in [0, 0.05) is 62.6 Å². The highest BCUT2D eigenvalue weighted by Gasteiger charge is 2.47. The molecule has 1 spiro atoms. The van der Waals surface area contributed by atoms with E-state index in [0.717, 1.165) is 68.9 Å². The molecule has 2 fully saturated rings. The van der Waals surface area contributed by atoms with Crippen LogP contribution in [0.5, 0.6) is 5.75 Å². The summed E-state index contributed by atoms with van der Waals surface area (Å²) in [5.74, 6) is 0.681. The molecule has 2 amide bonds. The zero-order valence-corrected chi connectivity index (χ0v) is 20.5. The molecule has 182 valence electrons. The smallest absolute Gasteiger partial charge is 0.323 e. The number of piperidine rings is 2. The van der Waals surface area contributed by atoms with Crippen LogP contribution in [0.4, 0.5) is 20.6 Å². The Morgan fingerprint density at radius 1 is 1.06 bits per heavy atom. The zero-order chi connectivity index (χ0) is 23.9. The number of hydrogen-bond donors (Lipinski definition) is 0. The van der Waals surface area contributed by atoms with Gasteiger partial charge in [-0.3, -0.25) is 4.90 Å². The van der Waals surface area contributed by atoms with E-state index in [1.54, 1.807) is 38.2 Å². The summed E-state index contributed by atoms with van der Waals surface area (Å²) in [5.41, 5.74) is 2.96. The Bertz CT molecular complexity index is 1040. The second kappa shape index (κ2) is 9.10. The van der Waals surface area contributed by atoms with Crippen LogP contribution in [0.3, 0.4) is 0 Å². The number of amides is 2. The van der Waals surface area contributed by atoms with Crippen molar-refractivity contribution >= 4 is 17.4 Å². The van der Waals surface area contributed by atoms with E-state index in [9.17, 15) is 9.18 Å². The summed E-state index contributed by atoms with van der Waals surface area (Å²) in [6.07, 6.45) is 4.19. The third-order valence-corrected chi connectivity index (χ3v) is 8.05. The van der Waals surface area contributed by atoms with Crippen molar-refractivity contribution in [2.75, 3.05) is 63.7 Å². The highest BCUT2D eigenvalue weighted by Crippen LogP contribution is 2.48. The fourth-order valence-electron chi connectivity index (χ4n) is 6.09. The van der Waals surface area contributed by atoms with Crippen LogP contribution in [0.1, 0.15) is 31.2 Å². The van der Waals surface area contributed by atoms with Crippen molar-refractivity contribution < 1.29 is 13.9 Å². The lowest BCUT2D eigenvalue weighted by atomic mass is 9.74. The van der Waals surface area contributed by atoms with Gasteiger partial charge in [-0.05, 0) is 74.7 Å². The number of methoxy groups -OCH3 is 1. The number of urea groups is 1. The Labute approximate surface area is 201 Å². The van der Waals surface area contributed by atoms with Crippen LogP contribution in [-0.4, -0.2) is 75.8 Å². The second-order valence-electron chi connectivity index (χ2n) is 10.2. The maximum atomic E-state index is 14.2. The molecule has 3 aliphatic rings. The molecule has 2 aromatic carbocycles. The van der Waals surface area contributed by atoms with Gasteiger partial charge in [-0.2, -0.15) is 0 Å². The predicted octanol–water partition coefficient (Wildman–Crippen LogP) is 4.34. The standard InChI is InChI=1S/C27H35FN4O2/c1-29(2)26(33)32-19-27(24-17-20(28)7-8-25(24)32)11-15-31(16-12-27)21-9-13-30(14-10-21)22-5-4-6-23(18-22)34-3/h4-8,17-18,21H,9-16,19H2,1-3H3. The number of hydrogen-bond acceptors (Lipinski definition) is 4. The summed E-state index contributed by atoms with van der Waals surface area (Å²) >= 11 is 0. The van der Waals surface area contributed by atoms with E-state index in [1.165, 1.54) is 11.8 Å². The third-order valence-electron chi connectivity index (χ3n) is 8.05. The van der Waals surface area contributed by atoms with Crippen molar-refractivity contribution in [2.24, 2.45) is 0 Å². The van der Waals surface area contributed by atoms with Crippen molar-refractivity contribution in [3.8, 4) is 5.75 Å². The molecular weight excluding hydrogens is 431 g/mol. The summed E-state index contributed by atoms with van der Waals surface area (Å²) in [6, 6.07) is 13.8. The topological polar surface area (TPSA) is 39.3 Å². The molecule has 3 heterocycles. The molecule has 6 nitrogen and oxygen atoms in total. The summed E-state index contributed by atoms with van der Waals surface area (Å²) < 4.78 is 19.6. The molecule has 0 unspecified atom stereocenters. The molecule has 0 atom stereocenters. The number of halogens is 1. The monoisotopic (exact) mass is 466 g/mol. The predicted molar refractivity (Wildman–Crippen MR) is 134 cm³/mol. The number of ether oxygens (including phenoxy) is 1. The molecule has 34 heavy (non-hydrogen) atoms. The number of benzene rings is 2. The van der Waals surface area contributed by atoms with Gasteiger partial charge in [0.25, 0.3) is 0 Å². The molecule has 0 N–H and O–H groups in total. The number of likely N-dealkylation sites (tertiary alicyclic amines) is 1. The third kappa shape index (κ3) is 4.11. The summed E-state index contributed by atoms with van der Waals surface area (Å²) in [6.45, 7) is 4.70. The lowest BCUT2D eigenvalue weighted by Gasteiger charge is -2.45. The molecule has 0 bridgehead atoms. The van der Waals surface area contributed by atoms with Gasteiger partial charge in [-0.25, -0.2) is 9.18 Å². The lowest BCUT2D eigenvalue weighted by Crippen LogP contribution is -2.52. The fourth-order valence-corrected chi connectivity index (χ4v) is 6.09. The Morgan fingerprint density at radius 2 is 1.79 bits per heavy atom. The van der Waals surface area contributed by atoms with Crippen LogP contribution < -0.4 is 14.5 Å². The van der Waals surface area contributed by atoms with Crippen LogP contribution >= 0.6 is 0 Å². The molecule has 0 saturated carbocycles. The van der Waals surface area contributed by atoms with Gasteiger partial charge in [0.2, 0.25) is 0 Å². The Morgan fingerprint density at radius 3 is 2.47 bits per heavy atom. The number of anilines is 2. The first kappa shape index (κ1) is 23.0. The van der Waals surface area contributed by atoms with Gasteiger partial charge >= 0.3 is 6.03 Å². The highest BCUT2D eigenvalue weighted by atomic mass is 19.1. The Kier molecular flexibility index (Phi) is 6.15. The average molecular weight is 467 g/mol. The molecule has 0 aliphatic carbocycles. The van der Waals surface area contributed by atoms with Gasteiger partial charge in [0.1, 0.15) is 11.6 Å². The first-order chi connectivity index (χ1) is 16.4. The molecule has 2 saturated heterocycles. The van der Waals surface area contributed by atoms with Gasteiger partial charge in [-0.1, -0.05) is 6.07 Å². The fraction of sp³-hybridized carbons (Fsp3) is 0.519. The van der Waals surface area contributed by atoms with E-state index in [-0.39, 0.29) is 17.3 Å². The minimum Gasteiger partial charge on any atom is -0.497 e. The molecule has 0 radical (unpaired) electrons. The molecule has 5 rings (SSSR count). The molecule has 7 heteroatoms. The Hall–Kier alpha value is -2.80. The van der Waals surface area contributed by atoms with Crippen molar-refractivity contribution in [2.45, 2.75) is 37.1 Å². The molecule has 0 aromatic heterocycles. The van der Waals surface area contributed by atoms with Crippen LogP contribution in [0.2, 0.25) is 0 Å². The number of carbonyl (C=O) groups is 1. The number of rotatable bonds is 3. The van der Waals surface area contributed by atoms with Gasteiger partial charge in [-0.15, -0.1) is 0 Å². The SMILES string of the molecule is COc1cccc(N2CCC(N3CCC4(CC3)CN(C(=O)N(C)C)c3ccc(F)cc34)CC2)c1. The Balaban J connectivity index is 1.24. The zero-order valence-electron chi connectivity index (χ0n) is 20.5. The summed E-state index contributed by atoms with van der Waals surface area (Å²) in [7, 11) is 5.26. The number of nitrogens with zero attached hydrogens (tertiary/aromatic N) is 4. The molecular formula is C27H35FN4O2. The van der Waals surface area contributed by atoms with E-state index < -0.39 is 0 Å². The minimum absolute atomic E-state index is 0.0305. The molecule has 2 aromatic rings. The van der Waals surface area contributed by atoms with E-state index in [4.69, 9.17) is 4.74 Å². The van der Waals surface area contributed by atoms with E-state index in [2.05, 4.69) is 28.0 Å². The lowest BCUT2D eigenvalue weighted by molar-refractivity contribution is 0.104. The van der Waals surface area contributed by atoms with Crippen LogP contribution in [-0.2, 0) is 5.41 Å². The number of fused-ring (bicyclic) bond motifs is 2. The van der Waals surface area contributed by atoms with Crippen molar-refractivity contribution in [3.05, 3.63) is 53.8 Å². The first-order valence-corrected chi connectivity index (χ1v) is 12.3. The summed E-state index contributed by atoms with van der Waals surface area (Å²) in [4.78, 5) is 21.4. The van der Waals surface area contributed by atoms with Crippen molar-refractivity contribution in [1.29, 1.82) is 0 Å². The van der Waals surface area contributed by atoms with Gasteiger partial charge in [0.05, 0.1) is 7.11 Å². The van der Waals surface area contributed by atoms with E-state index >= 15 is 0 Å². The largest absolute Gasteiger partial charge is 0.497 e. The first-order valence-electron chi connectivity index (χ1n) is 12.3. The quantitative estimate of drug-likeness (QED) is 0.675. The van der Waals surface area contributed by atoms with Crippen LogP contribution in [0.15, 0.2) is 42.5 Å². The maximum absolute atomic E-state index is 14.2. The van der Waals surface area contributed by atoms with Gasteiger partial charge in [0.15, 0.2) is 0 Å².